The lowest BCUT2D eigenvalue weighted by Gasteiger charge is -2.11. The SMILES string of the molecule is NC(=O)c1ccc2ncc(NCc3ccc(C(=O)Nc4ccc(Cl)cc4N)cc3F)nc2c1. The maximum absolute atomic E-state index is 14.6. The van der Waals surface area contributed by atoms with E-state index in [1.807, 2.05) is 0 Å². The monoisotopic (exact) mass is 464 g/mol. The van der Waals surface area contributed by atoms with Crippen molar-refractivity contribution in [2.45, 2.75) is 6.54 Å². The number of hydrogen-bond acceptors (Lipinski definition) is 6. The summed E-state index contributed by atoms with van der Waals surface area (Å²) in [5.41, 5.74) is 13.7. The van der Waals surface area contributed by atoms with Gasteiger partial charge in [0.2, 0.25) is 5.91 Å². The molecule has 0 aliphatic carbocycles. The van der Waals surface area contributed by atoms with Crippen molar-refractivity contribution >= 4 is 51.6 Å². The average Bonchev–Trinajstić information content (AvgIpc) is 2.79. The average molecular weight is 465 g/mol. The van der Waals surface area contributed by atoms with Gasteiger partial charge in [0.05, 0.1) is 28.6 Å². The molecule has 0 atom stereocenters. The van der Waals surface area contributed by atoms with Crippen LogP contribution in [0.4, 0.5) is 21.6 Å². The Labute approximate surface area is 192 Å². The van der Waals surface area contributed by atoms with Crippen LogP contribution >= 0.6 is 11.6 Å². The number of rotatable bonds is 6. The molecule has 0 aliphatic heterocycles. The van der Waals surface area contributed by atoms with E-state index in [0.29, 0.717) is 44.4 Å². The first-order chi connectivity index (χ1) is 15.8. The third kappa shape index (κ3) is 4.99. The Morgan fingerprint density at radius 1 is 1.00 bits per heavy atom. The third-order valence-electron chi connectivity index (χ3n) is 4.86. The first-order valence-electron chi connectivity index (χ1n) is 9.75. The van der Waals surface area contributed by atoms with E-state index < -0.39 is 17.6 Å². The van der Waals surface area contributed by atoms with Crippen molar-refractivity contribution in [3.05, 3.63) is 88.3 Å². The largest absolute Gasteiger partial charge is 0.397 e. The molecular weight excluding hydrogens is 447 g/mol. The van der Waals surface area contributed by atoms with E-state index in [9.17, 15) is 14.0 Å². The van der Waals surface area contributed by atoms with Crippen molar-refractivity contribution in [2.75, 3.05) is 16.4 Å². The van der Waals surface area contributed by atoms with Crippen LogP contribution in [0.1, 0.15) is 26.3 Å². The Bertz CT molecular complexity index is 1400. The number of carbonyl (C=O) groups excluding carboxylic acids is 2. The summed E-state index contributed by atoms with van der Waals surface area (Å²) >= 11 is 5.86. The van der Waals surface area contributed by atoms with Gasteiger partial charge in [0.15, 0.2) is 0 Å². The number of amides is 2. The van der Waals surface area contributed by atoms with Crippen molar-refractivity contribution < 1.29 is 14.0 Å². The molecule has 33 heavy (non-hydrogen) atoms. The van der Waals surface area contributed by atoms with Crippen LogP contribution in [0.25, 0.3) is 11.0 Å². The molecule has 3 aromatic carbocycles. The Balaban J connectivity index is 1.46. The second kappa shape index (κ2) is 9.09. The van der Waals surface area contributed by atoms with Crippen molar-refractivity contribution in [3.8, 4) is 0 Å². The maximum atomic E-state index is 14.6. The van der Waals surface area contributed by atoms with Crippen molar-refractivity contribution in [3.63, 3.8) is 0 Å². The fourth-order valence-electron chi connectivity index (χ4n) is 3.11. The smallest absolute Gasteiger partial charge is 0.255 e. The Kier molecular flexibility index (Phi) is 6.05. The summed E-state index contributed by atoms with van der Waals surface area (Å²) in [5.74, 6) is -1.25. The molecule has 8 nitrogen and oxygen atoms in total. The molecule has 1 aromatic heterocycles. The summed E-state index contributed by atoms with van der Waals surface area (Å²) in [6, 6.07) is 13.6. The molecule has 0 aliphatic rings. The van der Waals surface area contributed by atoms with Gasteiger partial charge in [0.25, 0.3) is 5.91 Å². The number of primary amides is 1. The molecule has 0 saturated heterocycles. The molecule has 10 heteroatoms. The van der Waals surface area contributed by atoms with Crippen LogP contribution in [0, 0.1) is 5.82 Å². The fraction of sp³-hybridized carbons (Fsp3) is 0.0435. The van der Waals surface area contributed by atoms with Gasteiger partial charge in [0, 0.05) is 28.3 Å². The molecule has 0 unspecified atom stereocenters. The maximum Gasteiger partial charge on any atom is 0.255 e. The van der Waals surface area contributed by atoms with E-state index in [4.69, 9.17) is 23.1 Å². The van der Waals surface area contributed by atoms with E-state index in [0.717, 1.165) is 6.07 Å². The molecule has 0 saturated carbocycles. The van der Waals surface area contributed by atoms with Crippen LogP contribution in [0.15, 0.2) is 60.8 Å². The molecule has 0 radical (unpaired) electrons. The number of nitrogens with one attached hydrogen (secondary N) is 2. The number of nitrogens with two attached hydrogens (primary N) is 2. The van der Waals surface area contributed by atoms with Gasteiger partial charge in [0.1, 0.15) is 11.6 Å². The third-order valence-corrected chi connectivity index (χ3v) is 5.10. The number of halogens is 2. The summed E-state index contributed by atoms with van der Waals surface area (Å²) in [6.45, 7) is 0.105. The molecule has 166 valence electrons. The molecule has 0 fully saturated rings. The minimum Gasteiger partial charge on any atom is -0.397 e. The zero-order valence-electron chi connectivity index (χ0n) is 17.1. The fourth-order valence-corrected chi connectivity index (χ4v) is 3.29. The minimum atomic E-state index is -0.568. The standard InChI is InChI=1S/C23H18ClFN6O2/c24-15-4-6-18(17(26)9-15)31-23(33)13-1-2-14(16(25)7-13)10-29-21-11-28-19-5-3-12(22(27)32)8-20(19)30-21/h1-9,11H,10,26H2,(H2,27,32)(H,29,30)(H,31,33). The quantitative estimate of drug-likeness (QED) is 0.319. The summed E-state index contributed by atoms with van der Waals surface area (Å²) < 4.78 is 14.6. The zero-order chi connectivity index (χ0) is 23.5. The molecular formula is C23H18ClFN6O2. The first kappa shape index (κ1) is 22.0. The van der Waals surface area contributed by atoms with Gasteiger partial charge in [-0.3, -0.25) is 14.6 Å². The van der Waals surface area contributed by atoms with Gasteiger partial charge in [-0.1, -0.05) is 17.7 Å². The van der Waals surface area contributed by atoms with Crippen LogP contribution in [-0.4, -0.2) is 21.8 Å². The molecule has 4 aromatic rings. The van der Waals surface area contributed by atoms with Crippen LogP contribution in [0.2, 0.25) is 5.02 Å². The van der Waals surface area contributed by atoms with Gasteiger partial charge in [-0.25, -0.2) is 9.37 Å². The lowest BCUT2D eigenvalue weighted by molar-refractivity contribution is 0.0997. The zero-order valence-corrected chi connectivity index (χ0v) is 17.9. The number of anilines is 3. The number of hydrogen-bond donors (Lipinski definition) is 4. The van der Waals surface area contributed by atoms with Crippen LogP contribution in [0.5, 0.6) is 0 Å². The highest BCUT2D eigenvalue weighted by Crippen LogP contribution is 2.23. The van der Waals surface area contributed by atoms with Gasteiger partial charge in [-0.2, -0.15) is 0 Å². The predicted molar refractivity (Wildman–Crippen MR) is 126 cm³/mol. The van der Waals surface area contributed by atoms with Crippen molar-refractivity contribution in [1.82, 2.24) is 9.97 Å². The first-order valence-corrected chi connectivity index (χ1v) is 10.1. The summed E-state index contributed by atoms with van der Waals surface area (Å²) in [5, 5.41) is 6.06. The summed E-state index contributed by atoms with van der Waals surface area (Å²) in [6.07, 6.45) is 1.50. The van der Waals surface area contributed by atoms with E-state index in [1.54, 1.807) is 24.3 Å². The number of fused-ring (bicyclic) bond motifs is 1. The van der Waals surface area contributed by atoms with E-state index >= 15 is 0 Å². The number of nitrogens with zero attached hydrogens (tertiary/aromatic N) is 2. The number of carbonyl (C=O) groups is 2. The topological polar surface area (TPSA) is 136 Å². The second-order valence-corrected chi connectivity index (χ2v) is 7.60. The molecule has 4 rings (SSSR count). The summed E-state index contributed by atoms with van der Waals surface area (Å²) in [4.78, 5) is 32.5. The Hall–Kier alpha value is -4.24. The molecule has 6 N–H and O–H groups in total. The van der Waals surface area contributed by atoms with E-state index in [1.165, 1.54) is 30.5 Å². The highest BCUT2D eigenvalue weighted by molar-refractivity contribution is 6.31. The van der Waals surface area contributed by atoms with Gasteiger partial charge >= 0.3 is 0 Å². The van der Waals surface area contributed by atoms with Crippen molar-refractivity contribution in [2.24, 2.45) is 5.73 Å². The predicted octanol–water partition coefficient (Wildman–Crippen LogP) is 3.97. The van der Waals surface area contributed by atoms with Gasteiger partial charge in [-0.15, -0.1) is 0 Å². The Morgan fingerprint density at radius 2 is 1.79 bits per heavy atom. The molecule has 0 bridgehead atoms. The Morgan fingerprint density at radius 3 is 2.52 bits per heavy atom. The number of benzene rings is 3. The lowest BCUT2D eigenvalue weighted by atomic mass is 10.1. The van der Waals surface area contributed by atoms with E-state index in [2.05, 4.69) is 20.6 Å². The van der Waals surface area contributed by atoms with E-state index in [-0.39, 0.29) is 12.1 Å². The highest BCUT2D eigenvalue weighted by Gasteiger charge is 2.12. The highest BCUT2D eigenvalue weighted by atomic mass is 35.5. The van der Waals surface area contributed by atoms with Gasteiger partial charge in [-0.05, 0) is 48.5 Å². The minimum absolute atomic E-state index is 0.105. The van der Waals surface area contributed by atoms with Crippen LogP contribution < -0.4 is 22.1 Å². The number of aromatic nitrogens is 2. The molecule has 2 amide bonds. The normalized spacial score (nSPS) is 10.7. The van der Waals surface area contributed by atoms with Crippen LogP contribution in [0.3, 0.4) is 0 Å². The lowest BCUT2D eigenvalue weighted by Crippen LogP contribution is -2.14. The number of nitrogen functional groups attached to an aromatic ring is 1. The molecule has 1 heterocycles. The molecule has 0 spiro atoms. The van der Waals surface area contributed by atoms with Crippen LogP contribution in [-0.2, 0) is 6.54 Å². The summed E-state index contributed by atoms with van der Waals surface area (Å²) in [7, 11) is 0. The van der Waals surface area contributed by atoms with Crippen molar-refractivity contribution in [1.29, 1.82) is 0 Å². The van der Waals surface area contributed by atoms with Gasteiger partial charge < -0.3 is 22.1 Å². The second-order valence-electron chi connectivity index (χ2n) is 7.17.